The van der Waals surface area contributed by atoms with E-state index in [-0.39, 0.29) is 12.1 Å². The van der Waals surface area contributed by atoms with Crippen LogP contribution in [0.15, 0.2) is 12.1 Å². The highest BCUT2D eigenvalue weighted by Gasteiger charge is 2.33. The first kappa shape index (κ1) is 19.7. The number of rotatable bonds is 5. The van der Waals surface area contributed by atoms with Crippen molar-refractivity contribution < 1.29 is 14.6 Å². The van der Waals surface area contributed by atoms with E-state index in [0.29, 0.717) is 23.1 Å². The number of nitrogens with zero attached hydrogens (tertiary/aromatic N) is 3. The highest BCUT2D eigenvalue weighted by Crippen LogP contribution is 2.36. The van der Waals surface area contributed by atoms with Crippen LogP contribution >= 0.6 is 11.6 Å². The van der Waals surface area contributed by atoms with Gasteiger partial charge in [0.15, 0.2) is 11.5 Å². The Labute approximate surface area is 161 Å². The van der Waals surface area contributed by atoms with Crippen LogP contribution in [0.1, 0.15) is 12.0 Å². The van der Waals surface area contributed by atoms with Crippen LogP contribution in [-0.4, -0.2) is 92.5 Å². The maximum absolute atomic E-state index is 10.7. The molecule has 2 heterocycles. The van der Waals surface area contributed by atoms with E-state index in [9.17, 15) is 5.11 Å². The summed E-state index contributed by atoms with van der Waals surface area (Å²) >= 11 is 6.31. The molecule has 26 heavy (non-hydrogen) atoms. The molecule has 0 bridgehead atoms. The number of β-amino-alcohol motifs (C(OH)–C–C–N with tert-alkyl or cyclic N) is 1. The van der Waals surface area contributed by atoms with Gasteiger partial charge in [0.05, 0.1) is 25.3 Å². The first-order valence-corrected chi connectivity index (χ1v) is 9.63. The summed E-state index contributed by atoms with van der Waals surface area (Å²) in [4.78, 5) is 7.09. The smallest absolute Gasteiger partial charge is 0.179 e. The normalized spacial score (nSPS) is 26.0. The molecule has 7 heteroatoms. The lowest BCUT2D eigenvalue weighted by atomic mass is 9.98. The second-order valence-corrected chi connectivity index (χ2v) is 7.72. The summed E-state index contributed by atoms with van der Waals surface area (Å²) in [6.07, 6.45) is 0.675. The minimum Gasteiger partial charge on any atom is -0.493 e. The van der Waals surface area contributed by atoms with Gasteiger partial charge in [0, 0.05) is 51.9 Å². The molecule has 6 nitrogen and oxygen atoms in total. The van der Waals surface area contributed by atoms with Crippen LogP contribution in [0.4, 0.5) is 0 Å². The van der Waals surface area contributed by atoms with Gasteiger partial charge in [0.1, 0.15) is 0 Å². The summed E-state index contributed by atoms with van der Waals surface area (Å²) < 4.78 is 10.7. The third-order valence-corrected chi connectivity index (χ3v) is 5.82. The minimum atomic E-state index is -0.317. The maximum atomic E-state index is 10.7. The van der Waals surface area contributed by atoms with E-state index in [0.717, 1.165) is 51.3 Å². The molecule has 1 aromatic rings. The van der Waals surface area contributed by atoms with Crippen molar-refractivity contribution >= 4 is 11.6 Å². The molecular weight excluding hydrogens is 354 g/mol. The Hall–Kier alpha value is -1.05. The number of likely N-dealkylation sites (N-methyl/N-ethyl adjacent to an activating group) is 1. The second-order valence-electron chi connectivity index (χ2n) is 7.31. The predicted octanol–water partition coefficient (Wildman–Crippen LogP) is 1.54. The Balaban J connectivity index is 1.60. The van der Waals surface area contributed by atoms with Gasteiger partial charge in [0.25, 0.3) is 0 Å². The molecule has 2 fully saturated rings. The molecule has 0 unspecified atom stereocenters. The standard InChI is InChI=1S/C19H30ClN3O3/c1-21-6-8-23(9-7-21)16-4-5-22(13-17(16)24)12-14-10-15(20)19(26-3)18(11-14)25-2/h10-11,16-17,24H,4-9,12-13H2,1-3H3/t16-,17-/m1/s1. The quantitative estimate of drug-likeness (QED) is 0.832. The number of piperidine rings is 1. The largest absolute Gasteiger partial charge is 0.493 e. The van der Waals surface area contributed by atoms with E-state index >= 15 is 0 Å². The predicted molar refractivity (Wildman–Crippen MR) is 103 cm³/mol. The average Bonchev–Trinajstić information content (AvgIpc) is 2.62. The number of aliphatic hydroxyl groups is 1. The van der Waals surface area contributed by atoms with Crippen molar-refractivity contribution in [2.45, 2.75) is 25.1 Å². The Morgan fingerprint density at radius 2 is 1.85 bits per heavy atom. The van der Waals surface area contributed by atoms with Crippen LogP contribution in [0.3, 0.4) is 0 Å². The Morgan fingerprint density at radius 1 is 1.12 bits per heavy atom. The van der Waals surface area contributed by atoms with Gasteiger partial charge in [-0.25, -0.2) is 0 Å². The van der Waals surface area contributed by atoms with Crippen molar-refractivity contribution in [3.8, 4) is 11.5 Å². The molecule has 3 rings (SSSR count). The van der Waals surface area contributed by atoms with E-state index in [1.165, 1.54) is 0 Å². The van der Waals surface area contributed by atoms with Crippen molar-refractivity contribution in [3.05, 3.63) is 22.7 Å². The van der Waals surface area contributed by atoms with E-state index in [2.05, 4.69) is 21.7 Å². The van der Waals surface area contributed by atoms with E-state index < -0.39 is 0 Å². The maximum Gasteiger partial charge on any atom is 0.179 e. The molecule has 2 saturated heterocycles. The zero-order valence-electron chi connectivity index (χ0n) is 15.9. The fraction of sp³-hybridized carbons (Fsp3) is 0.684. The number of halogens is 1. The summed E-state index contributed by atoms with van der Waals surface area (Å²) in [5, 5.41) is 11.3. The summed E-state index contributed by atoms with van der Waals surface area (Å²) in [7, 11) is 5.36. The number of aliphatic hydroxyl groups excluding tert-OH is 1. The van der Waals surface area contributed by atoms with Crippen molar-refractivity contribution in [1.29, 1.82) is 0 Å². The Kier molecular flexibility index (Phi) is 6.64. The van der Waals surface area contributed by atoms with Gasteiger partial charge in [-0.1, -0.05) is 11.6 Å². The minimum absolute atomic E-state index is 0.272. The summed E-state index contributed by atoms with van der Waals surface area (Å²) in [6, 6.07) is 4.15. The third-order valence-electron chi connectivity index (χ3n) is 5.54. The SMILES string of the molecule is COc1cc(CN2CC[C@@H](N3CCN(C)CC3)[C@H](O)C2)cc(Cl)c1OC. The lowest BCUT2D eigenvalue weighted by molar-refractivity contribution is -0.0286. The van der Waals surface area contributed by atoms with Crippen LogP contribution in [0.25, 0.3) is 0 Å². The molecule has 0 aromatic heterocycles. The molecule has 0 amide bonds. The number of likely N-dealkylation sites (tertiary alicyclic amines) is 1. The number of hydrogen-bond donors (Lipinski definition) is 1. The number of hydrogen-bond acceptors (Lipinski definition) is 6. The molecule has 146 valence electrons. The van der Waals surface area contributed by atoms with Crippen molar-refractivity contribution in [2.24, 2.45) is 0 Å². The van der Waals surface area contributed by atoms with Crippen LogP contribution in [-0.2, 0) is 6.54 Å². The Bertz CT molecular complexity index is 608. The van der Waals surface area contributed by atoms with E-state index in [1.807, 2.05) is 12.1 Å². The van der Waals surface area contributed by atoms with Gasteiger partial charge < -0.3 is 19.5 Å². The lowest BCUT2D eigenvalue weighted by Gasteiger charge is -2.44. The fourth-order valence-corrected chi connectivity index (χ4v) is 4.34. The van der Waals surface area contributed by atoms with Crippen LogP contribution in [0, 0.1) is 0 Å². The first-order chi connectivity index (χ1) is 12.5. The van der Waals surface area contributed by atoms with Gasteiger partial charge in [-0.3, -0.25) is 9.80 Å². The number of methoxy groups -OCH3 is 2. The topological polar surface area (TPSA) is 48.4 Å². The van der Waals surface area contributed by atoms with Gasteiger partial charge in [-0.2, -0.15) is 0 Å². The molecule has 0 aliphatic carbocycles. The fourth-order valence-electron chi connectivity index (χ4n) is 4.03. The molecule has 1 aromatic carbocycles. The molecule has 1 N–H and O–H groups in total. The van der Waals surface area contributed by atoms with Crippen LogP contribution in [0.5, 0.6) is 11.5 Å². The molecule has 0 spiro atoms. The second kappa shape index (κ2) is 8.76. The number of piperazine rings is 1. The Morgan fingerprint density at radius 3 is 2.46 bits per heavy atom. The number of benzene rings is 1. The highest BCUT2D eigenvalue weighted by atomic mass is 35.5. The first-order valence-electron chi connectivity index (χ1n) is 9.25. The van der Waals surface area contributed by atoms with E-state index in [4.69, 9.17) is 21.1 Å². The molecule has 2 aliphatic heterocycles. The van der Waals surface area contributed by atoms with Crippen molar-refractivity contribution in [1.82, 2.24) is 14.7 Å². The number of ether oxygens (including phenoxy) is 2. The van der Waals surface area contributed by atoms with Crippen molar-refractivity contribution in [3.63, 3.8) is 0 Å². The van der Waals surface area contributed by atoms with Gasteiger partial charge in [-0.05, 0) is 31.2 Å². The molecule has 0 radical (unpaired) electrons. The third kappa shape index (κ3) is 4.43. The summed E-state index contributed by atoms with van der Waals surface area (Å²) in [6.45, 7) is 6.65. The van der Waals surface area contributed by atoms with Gasteiger partial charge in [0.2, 0.25) is 0 Å². The molecule has 2 atom stereocenters. The van der Waals surface area contributed by atoms with Gasteiger partial charge >= 0.3 is 0 Å². The molecular formula is C19H30ClN3O3. The van der Waals surface area contributed by atoms with Crippen molar-refractivity contribution in [2.75, 3.05) is 60.5 Å². The van der Waals surface area contributed by atoms with Gasteiger partial charge in [-0.15, -0.1) is 0 Å². The van der Waals surface area contributed by atoms with E-state index in [1.54, 1.807) is 14.2 Å². The molecule has 2 aliphatic rings. The highest BCUT2D eigenvalue weighted by molar-refractivity contribution is 6.32. The zero-order chi connectivity index (χ0) is 18.7. The lowest BCUT2D eigenvalue weighted by Crippen LogP contribution is -2.58. The summed E-state index contributed by atoms with van der Waals surface area (Å²) in [5.41, 5.74) is 1.07. The van der Waals surface area contributed by atoms with Crippen LogP contribution in [0.2, 0.25) is 5.02 Å². The molecule has 0 saturated carbocycles. The zero-order valence-corrected chi connectivity index (χ0v) is 16.7. The monoisotopic (exact) mass is 383 g/mol. The average molecular weight is 384 g/mol. The van der Waals surface area contributed by atoms with Crippen LogP contribution < -0.4 is 9.47 Å². The summed E-state index contributed by atoms with van der Waals surface area (Å²) in [5.74, 6) is 1.20.